The number of hydrazine groups is 1. The van der Waals surface area contributed by atoms with E-state index in [4.69, 9.17) is 9.84 Å². The second kappa shape index (κ2) is 7.88. The van der Waals surface area contributed by atoms with E-state index in [2.05, 4.69) is 10.7 Å². The van der Waals surface area contributed by atoms with Gasteiger partial charge in [-0.25, -0.2) is 14.6 Å². The van der Waals surface area contributed by atoms with Crippen molar-refractivity contribution in [2.24, 2.45) is 0 Å². The Labute approximate surface area is 106 Å². The van der Waals surface area contributed by atoms with Crippen LogP contribution in [0.5, 0.6) is 0 Å². The van der Waals surface area contributed by atoms with E-state index < -0.39 is 18.0 Å². The lowest BCUT2D eigenvalue weighted by molar-refractivity contribution is -0.139. The Balaban J connectivity index is 2.32. The molecule has 0 aliphatic carbocycles. The highest BCUT2D eigenvalue weighted by Crippen LogP contribution is 2.01. The molecule has 0 aromatic carbocycles. The van der Waals surface area contributed by atoms with E-state index in [0.29, 0.717) is 32.7 Å². The number of hydrogen-bond acceptors (Lipinski definition) is 4. The first-order valence-corrected chi connectivity index (χ1v) is 6.26. The van der Waals surface area contributed by atoms with E-state index in [0.717, 1.165) is 12.8 Å². The van der Waals surface area contributed by atoms with Gasteiger partial charge in [-0.15, -0.1) is 0 Å². The maximum Gasteiger partial charge on any atom is 0.330 e. The molecule has 104 valence electrons. The number of carboxylic acids is 1. The minimum Gasteiger partial charge on any atom is -0.480 e. The van der Waals surface area contributed by atoms with Crippen molar-refractivity contribution in [2.75, 3.05) is 26.3 Å². The van der Waals surface area contributed by atoms with Crippen LogP contribution < -0.4 is 10.7 Å². The molecule has 1 aliphatic rings. The average Bonchev–Trinajstić information content (AvgIpc) is 2.35. The van der Waals surface area contributed by atoms with E-state index >= 15 is 0 Å². The van der Waals surface area contributed by atoms with Gasteiger partial charge in [0, 0.05) is 13.1 Å². The van der Waals surface area contributed by atoms with E-state index in [1.165, 1.54) is 0 Å². The van der Waals surface area contributed by atoms with Crippen molar-refractivity contribution in [3.8, 4) is 0 Å². The summed E-state index contributed by atoms with van der Waals surface area (Å²) in [4.78, 5) is 22.6. The van der Waals surface area contributed by atoms with Crippen molar-refractivity contribution in [3.05, 3.63) is 0 Å². The Morgan fingerprint density at radius 3 is 2.61 bits per heavy atom. The molecule has 1 fully saturated rings. The smallest absolute Gasteiger partial charge is 0.330 e. The molecule has 0 bridgehead atoms. The van der Waals surface area contributed by atoms with Gasteiger partial charge in [-0.2, -0.15) is 0 Å². The number of nitrogens with zero attached hydrogens (tertiary/aromatic N) is 1. The molecule has 3 N–H and O–H groups in total. The number of unbranched alkanes of at least 4 members (excludes halogenated alkanes) is 1. The summed E-state index contributed by atoms with van der Waals surface area (Å²) >= 11 is 0. The van der Waals surface area contributed by atoms with Crippen LogP contribution in [0.3, 0.4) is 0 Å². The number of carbonyl (C=O) groups is 2. The zero-order valence-corrected chi connectivity index (χ0v) is 10.6. The van der Waals surface area contributed by atoms with Gasteiger partial charge in [0.05, 0.1) is 13.2 Å². The van der Waals surface area contributed by atoms with Crippen LogP contribution >= 0.6 is 0 Å². The van der Waals surface area contributed by atoms with Gasteiger partial charge in [0.15, 0.2) is 0 Å². The number of ether oxygens (including phenoxy) is 1. The molecule has 0 aromatic heterocycles. The van der Waals surface area contributed by atoms with Crippen molar-refractivity contribution in [3.63, 3.8) is 0 Å². The second-order valence-electron chi connectivity index (χ2n) is 4.22. The minimum absolute atomic E-state index is 0.447. The second-order valence-corrected chi connectivity index (χ2v) is 4.22. The zero-order valence-electron chi connectivity index (χ0n) is 10.6. The Hall–Kier alpha value is -1.34. The Kier molecular flexibility index (Phi) is 6.45. The van der Waals surface area contributed by atoms with Crippen molar-refractivity contribution >= 4 is 12.0 Å². The third-order valence-electron chi connectivity index (χ3n) is 2.72. The van der Waals surface area contributed by atoms with Crippen LogP contribution in [0.4, 0.5) is 4.79 Å². The van der Waals surface area contributed by atoms with Gasteiger partial charge >= 0.3 is 12.0 Å². The van der Waals surface area contributed by atoms with Crippen LogP contribution in [-0.2, 0) is 9.53 Å². The van der Waals surface area contributed by atoms with Crippen molar-refractivity contribution in [1.82, 2.24) is 15.8 Å². The third-order valence-corrected chi connectivity index (χ3v) is 2.72. The van der Waals surface area contributed by atoms with Crippen LogP contribution in [-0.4, -0.2) is 54.5 Å². The third kappa shape index (κ3) is 5.33. The number of hydrogen-bond donors (Lipinski definition) is 3. The van der Waals surface area contributed by atoms with Gasteiger partial charge in [-0.3, -0.25) is 5.43 Å². The molecule has 0 radical (unpaired) electrons. The standard InChI is InChI=1S/C11H21N3O4/c1-2-3-4-9(10(15)16)12-11(17)13-14-5-7-18-8-6-14/h9H,2-8H2,1H3,(H,15,16)(H2,12,13,17). The van der Waals surface area contributed by atoms with E-state index in [9.17, 15) is 9.59 Å². The number of aliphatic carboxylic acids is 1. The van der Waals surface area contributed by atoms with Crippen molar-refractivity contribution < 1.29 is 19.4 Å². The predicted molar refractivity (Wildman–Crippen MR) is 65.0 cm³/mol. The first kappa shape index (κ1) is 14.7. The van der Waals surface area contributed by atoms with E-state index in [1.807, 2.05) is 6.92 Å². The molecule has 2 amide bonds. The normalized spacial score (nSPS) is 18.1. The number of nitrogens with one attached hydrogen (secondary N) is 2. The van der Waals surface area contributed by atoms with Gasteiger partial charge < -0.3 is 15.2 Å². The quantitative estimate of drug-likeness (QED) is 0.633. The molecule has 1 atom stereocenters. The Bertz CT molecular complexity index is 279. The molecular formula is C11H21N3O4. The highest BCUT2D eigenvalue weighted by atomic mass is 16.5. The minimum atomic E-state index is -0.999. The summed E-state index contributed by atoms with van der Waals surface area (Å²) in [6.45, 7) is 4.34. The molecule has 1 unspecified atom stereocenters. The summed E-state index contributed by atoms with van der Waals surface area (Å²) in [6, 6.07) is -1.30. The molecule has 7 heteroatoms. The van der Waals surface area contributed by atoms with Crippen LogP contribution in [0.2, 0.25) is 0 Å². The Morgan fingerprint density at radius 1 is 1.39 bits per heavy atom. The summed E-state index contributed by atoms with van der Waals surface area (Å²) < 4.78 is 5.15. The maximum absolute atomic E-state index is 11.6. The van der Waals surface area contributed by atoms with E-state index in [-0.39, 0.29) is 0 Å². The molecule has 1 saturated heterocycles. The summed E-state index contributed by atoms with van der Waals surface area (Å²) in [5, 5.41) is 13.2. The zero-order chi connectivity index (χ0) is 13.4. The summed E-state index contributed by atoms with van der Waals surface area (Å²) in [7, 11) is 0. The molecule has 0 saturated carbocycles. The number of amides is 2. The lowest BCUT2D eigenvalue weighted by Gasteiger charge is -2.27. The molecule has 1 heterocycles. The summed E-state index contributed by atoms with van der Waals surface area (Å²) in [6.07, 6.45) is 2.12. The summed E-state index contributed by atoms with van der Waals surface area (Å²) in [5.41, 5.74) is 2.62. The number of urea groups is 1. The topological polar surface area (TPSA) is 90.9 Å². The lowest BCUT2D eigenvalue weighted by Crippen LogP contribution is -2.54. The van der Waals surface area contributed by atoms with Crippen molar-refractivity contribution in [2.45, 2.75) is 32.2 Å². The molecular weight excluding hydrogens is 238 g/mol. The largest absolute Gasteiger partial charge is 0.480 e. The highest BCUT2D eigenvalue weighted by molar-refractivity contribution is 5.82. The fourth-order valence-electron chi connectivity index (χ4n) is 1.67. The van der Waals surface area contributed by atoms with E-state index in [1.54, 1.807) is 5.01 Å². The molecule has 0 spiro atoms. The van der Waals surface area contributed by atoms with Crippen molar-refractivity contribution in [1.29, 1.82) is 0 Å². The first-order chi connectivity index (χ1) is 8.63. The maximum atomic E-state index is 11.6. The highest BCUT2D eigenvalue weighted by Gasteiger charge is 2.20. The van der Waals surface area contributed by atoms with Crippen LogP contribution in [0.1, 0.15) is 26.2 Å². The molecule has 18 heavy (non-hydrogen) atoms. The number of carboxylic acid groups (broad SMARTS) is 1. The predicted octanol–water partition coefficient (Wildman–Crippen LogP) is 0.176. The van der Waals surface area contributed by atoms with Crippen LogP contribution in [0.15, 0.2) is 0 Å². The fourth-order valence-corrected chi connectivity index (χ4v) is 1.67. The van der Waals surface area contributed by atoms with Crippen LogP contribution in [0.25, 0.3) is 0 Å². The molecule has 0 aromatic rings. The van der Waals surface area contributed by atoms with Gasteiger partial charge in [-0.1, -0.05) is 19.8 Å². The number of rotatable bonds is 6. The van der Waals surface area contributed by atoms with Gasteiger partial charge in [0.25, 0.3) is 0 Å². The SMILES string of the molecule is CCCCC(NC(=O)NN1CCOCC1)C(=O)O. The fraction of sp³-hybridized carbons (Fsp3) is 0.818. The van der Waals surface area contributed by atoms with Gasteiger partial charge in [-0.05, 0) is 6.42 Å². The summed E-state index contributed by atoms with van der Waals surface area (Å²) in [5.74, 6) is -0.999. The lowest BCUT2D eigenvalue weighted by atomic mass is 10.1. The first-order valence-electron chi connectivity index (χ1n) is 6.26. The molecule has 1 aliphatic heterocycles. The number of carbonyl (C=O) groups excluding carboxylic acids is 1. The molecule has 1 rings (SSSR count). The number of morpholine rings is 1. The Morgan fingerprint density at radius 2 is 2.06 bits per heavy atom. The van der Waals surface area contributed by atoms with Crippen LogP contribution in [0, 0.1) is 0 Å². The molecule has 7 nitrogen and oxygen atoms in total. The average molecular weight is 259 g/mol. The monoisotopic (exact) mass is 259 g/mol. The van der Waals surface area contributed by atoms with Gasteiger partial charge in [0.1, 0.15) is 6.04 Å². The van der Waals surface area contributed by atoms with Gasteiger partial charge in [0.2, 0.25) is 0 Å².